The van der Waals surface area contributed by atoms with Gasteiger partial charge in [0.15, 0.2) is 0 Å². The van der Waals surface area contributed by atoms with E-state index in [4.69, 9.17) is 4.74 Å². The zero-order chi connectivity index (χ0) is 16.8. The molecule has 1 aromatic carbocycles. The Labute approximate surface area is 127 Å². The van der Waals surface area contributed by atoms with Crippen molar-refractivity contribution >= 4 is 5.97 Å². The predicted octanol–water partition coefficient (Wildman–Crippen LogP) is 2.04. The van der Waals surface area contributed by atoms with Crippen LogP contribution in [0.25, 0.3) is 0 Å². The van der Waals surface area contributed by atoms with E-state index in [9.17, 15) is 25.0 Å². The second-order valence-electron chi connectivity index (χ2n) is 4.73. The highest BCUT2D eigenvalue weighted by molar-refractivity contribution is 5.80. The number of benzene rings is 1. The van der Waals surface area contributed by atoms with Crippen molar-refractivity contribution in [2.24, 2.45) is 0 Å². The molecule has 0 heterocycles. The van der Waals surface area contributed by atoms with Gasteiger partial charge in [-0.2, -0.15) is 0 Å². The van der Waals surface area contributed by atoms with Crippen LogP contribution < -0.4 is 0 Å². The van der Waals surface area contributed by atoms with Gasteiger partial charge in [-0.15, -0.1) is 0 Å². The molecule has 0 radical (unpaired) electrons. The standard InChI is InChI=1S/C14H18N2O6/c1-3-14(16(20)21,13(17)22-4-2)12(10-15(18)19)11-8-6-5-7-9-11/h5-9,12H,3-4,10H2,1-2H3. The van der Waals surface area contributed by atoms with E-state index in [0.29, 0.717) is 5.56 Å². The fraction of sp³-hybridized carbons (Fsp3) is 0.500. The molecule has 0 saturated carbocycles. The lowest BCUT2D eigenvalue weighted by molar-refractivity contribution is -0.575. The van der Waals surface area contributed by atoms with E-state index in [1.165, 1.54) is 13.8 Å². The number of esters is 1. The number of hydrogen-bond acceptors (Lipinski definition) is 6. The van der Waals surface area contributed by atoms with Crippen molar-refractivity contribution in [3.05, 3.63) is 56.1 Å². The fourth-order valence-corrected chi connectivity index (χ4v) is 2.49. The SMILES string of the molecule is CCOC(=O)C(CC)(C(C[N+](=O)[O-])c1ccccc1)[N+](=O)[O-]. The molecule has 2 unspecified atom stereocenters. The number of carbonyl (C=O) groups is 1. The largest absolute Gasteiger partial charge is 0.461 e. The molecule has 0 aromatic heterocycles. The van der Waals surface area contributed by atoms with E-state index in [1.54, 1.807) is 30.3 Å². The van der Waals surface area contributed by atoms with Gasteiger partial charge in [0.1, 0.15) is 5.92 Å². The van der Waals surface area contributed by atoms with Crippen LogP contribution in [0.4, 0.5) is 0 Å². The summed E-state index contributed by atoms with van der Waals surface area (Å²) in [7, 11) is 0. The minimum Gasteiger partial charge on any atom is -0.461 e. The topological polar surface area (TPSA) is 113 Å². The Bertz CT molecular complexity index is 548. The summed E-state index contributed by atoms with van der Waals surface area (Å²) in [4.78, 5) is 33.5. The smallest absolute Gasteiger partial charge is 0.385 e. The Morgan fingerprint density at radius 1 is 1.23 bits per heavy atom. The monoisotopic (exact) mass is 310 g/mol. The van der Waals surface area contributed by atoms with Crippen LogP contribution in [-0.4, -0.2) is 34.5 Å². The fourth-order valence-electron chi connectivity index (χ4n) is 2.49. The minimum atomic E-state index is -2.18. The third-order valence-corrected chi connectivity index (χ3v) is 3.60. The molecule has 0 amide bonds. The Hall–Kier alpha value is -2.51. The third kappa shape index (κ3) is 3.38. The maximum Gasteiger partial charge on any atom is 0.385 e. The summed E-state index contributed by atoms with van der Waals surface area (Å²) in [6.45, 7) is 2.23. The number of hydrogen-bond donors (Lipinski definition) is 0. The quantitative estimate of drug-likeness (QED) is 0.412. The molecule has 22 heavy (non-hydrogen) atoms. The lowest BCUT2D eigenvalue weighted by Crippen LogP contribution is -2.53. The summed E-state index contributed by atoms with van der Waals surface area (Å²) in [5.41, 5.74) is -1.81. The molecule has 0 fully saturated rings. The van der Waals surface area contributed by atoms with Crippen LogP contribution in [-0.2, 0) is 9.53 Å². The maximum atomic E-state index is 12.2. The summed E-state index contributed by atoms with van der Waals surface area (Å²) in [5.74, 6) is -2.25. The van der Waals surface area contributed by atoms with Gasteiger partial charge in [0.05, 0.1) is 6.61 Å². The normalized spacial score (nSPS) is 14.6. The van der Waals surface area contributed by atoms with Gasteiger partial charge < -0.3 is 4.74 Å². The molecular weight excluding hydrogens is 292 g/mol. The zero-order valence-corrected chi connectivity index (χ0v) is 12.4. The van der Waals surface area contributed by atoms with Gasteiger partial charge in [-0.3, -0.25) is 20.2 Å². The Balaban J connectivity index is 3.45. The number of nitro groups is 2. The van der Waals surface area contributed by atoms with Crippen LogP contribution in [0.2, 0.25) is 0 Å². The minimum absolute atomic E-state index is 0.0333. The summed E-state index contributed by atoms with van der Waals surface area (Å²) in [6, 6.07) is 8.01. The lowest BCUT2D eigenvalue weighted by Gasteiger charge is -2.28. The van der Waals surface area contributed by atoms with E-state index in [2.05, 4.69) is 0 Å². The molecule has 0 N–H and O–H groups in total. The van der Waals surface area contributed by atoms with Gasteiger partial charge in [-0.1, -0.05) is 37.3 Å². The average Bonchev–Trinajstić information content (AvgIpc) is 2.48. The molecule has 2 atom stereocenters. The van der Waals surface area contributed by atoms with Gasteiger partial charge in [0.2, 0.25) is 6.54 Å². The third-order valence-electron chi connectivity index (χ3n) is 3.60. The number of ether oxygens (including phenoxy) is 1. The first kappa shape index (κ1) is 17.5. The molecule has 120 valence electrons. The highest BCUT2D eigenvalue weighted by Crippen LogP contribution is 2.35. The first-order valence-corrected chi connectivity index (χ1v) is 6.88. The summed E-state index contributed by atoms with van der Waals surface area (Å²) in [6.07, 6.45) is -0.202. The van der Waals surface area contributed by atoms with Crippen molar-refractivity contribution in [1.82, 2.24) is 0 Å². The van der Waals surface area contributed by atoms with E-state index in [0.717, 1.165) is 0 Å². The van der Waals surface area contributed by atoms with E-state index in [1.807, 2.05) is 0 Å². The van der Waals surface area contributed by atoms with Crippen LogP contribution in [0.15, 0.2) is 30.3 Å². The van der Waals surface area contributed by atoms with Crippen LogP contribution >= 0.6 is 0 Å². The molecule has 0 aliphatic carbocycles. The maximum absolute atomic E-state index is 12.2. The first-order valence-electron chi connectivity index (χ1n) is 6.88. The predicted molar refractivity (Wildman–Crippen MR) is 77.7 cm³/mol. The second kappa shape index (κ2) is 7.48. The molecule has 0 spiro atoms. The van der Waals surface area contributed by atoms with Gasteiger partial charge >= 0.3 is 11.5 Å². The Morgan fingerprint density at radius 2 is 1.82 bits per heavy atom. The van der Waals surface area contributed by atoms with Gasteiger partial charge in [-0.25, -0.2) is 4.79 Å². The van der Waals surface area contributed by atoms with Crippen molar-refractivity contribution in [3.63, 3.8) is 0 Å². The van der Waals surface area contributed by atoms with Crippen LogP contribution in [0.5, 0.6) is 0 Å². The van der Waals surface area contributed by atoms with Crippen molar-refractivity contribution in [2.75, 3.05) is 13.2 Å². The Morgan fingerprint density at radius 3 is 2.23 bits per heavy atom. The second-order valence-corrected chi connectivity index (χ2v) is 4.73. The molecular formula is C14H18N2O6. The lowest BCUT2D eigenvalue weighted by atomic mass is 9.77. The summed E-state index contributed by atoms with van der Waals surface area (Å²) < 4.78 is 4.84. The highest BCUT2D eigenvalue weighted by atomic mass is 16.6. The molecule has 1 aromatic rings. The molecule has 8 heteroatoms. The molecule has 1 rings (SSSR count). The van der Waals surface area contributed by atoms with Crippen molar-refractivity contribution < 1.29 is 19.4 Å². The zero-order valence-electron chi connectivity index (χ0n) is 12.4. The Kier molecular flexibility index (Phi) is 5.97. The van der Waals surface area contributed by atoms with Crippen molar-refractivity contribution in [3.8, 4) is 0 Å². The average molecular weight is 310 g/mol. The van der Waals surface area contributed by atoms with Crippen molar-refractivity contribution in [1.29, 1.82) is 0 Å². The van der Waals surface area contributed by atoms with Gasteiger partial charge in [0, 0.05) is 16.3 Å². The van der Waals surface area contributed by atoms with E-state index < -0.39 is 33.8 Å². The summed E-state index contributed by atoms with van der Waals surface area (Å²) in [5, 5.41) is 22.6. The highest BCUT2D eigenvalue weighted by Gasteiger charge is 2.60. The number of nitrogens with zero attached hydrogens (tertiary/aromatic N) is 2. The van der Waals surface area contributed by atoms with Gasteiger partial charge in [0.25, 0.3) is 0 Å². The first-order chi connectivity index (χ1) is 10.4. The molecule has 0 bridgehead atoms. The molecule has 0 aliphatic heterocycles. The van der Waals surface area contributed by atoms with Crippen LogP contribution in [0.3, 0.4) is 0 Å². The van der Waals surface area contributed by atoms with Crippen LogP contribution in [0.1, 0.15) is 31.7 Å². The van der Waals surface area contributed by atoms with Gasteiger partial charge in [-0.05, 0) is 12.5 Å². The van der Waals surface area contributed by atoms with E-state index >= 15 is 0 Å². The number of carbonyl (C=O) groups excluding carboxylic acids is 1. The summed E-state index contributed by atoms with van der Waals surface area (Å²) >= 11 is 0. The van der Waals surface area contributed by atoms with Crippen molar-refractivity contribution in [2.45, 2.75) is 31.7 Å². The molecule has 8 nitrogen and oxygen atoms in total. The molecule has 0 saturated heterocycles. The molecule has 0 aliphatic rings. The number of rotatable bonds is 8. The van der Waals surface area contributed by atoms with E-state index in [-0.39, 0.29) is 13.0 Å². The van der Waals surface area contributed by atoms with Crippen LogP contribution in [0, 0.1) is 20.2 Å².